The van der Waals surface area contributed by atoms with Crippen LogP contribution < -0.4 is 15.4 Å². The summed E-state index contributed by atoms with van der Waals surface area (Å²) >= 11 is 0. The normalized spacial score (nSPS) is 13.1. The molecule has 0 saturated carbocycles. The number of para-hydroxylation sites is 1. The van der Waals surface area contributed by atoms with E-state index in [2.05, 4.69) is 34.6 Å². The van der Waals surface area contributed by atoms with Crippen molar-refractivity contribution >= 4 is 16.8 Å². The van der Waals surface area contributed by atoms with Crippen LogP contribution in [0.15, 0.2) is 77.5 Å². The fourth-order valence-corrected chi connectivity index (χ4v) is 3.86. The Balaban J connectivity index is 1.48. The lowest BCUT2D eigenvalue weighted by Gasteiger charge is -2.19. The molecule has 4 aromatic rings. The molecular formula is C25H28N3O3+. The van der Waals surface area contributed by atoms with Crippen molar-refractivity contribution in [3.8, 4) is 5.75 Å². The van der Waals surface area contributed by atoms with Crippen molar-refractivity contribution < 1.29 is 19.3 Å². The van der Waals surface area contributed by atoms with Crippen LogP contribution in [0, 0.1) is 0 Å². The van der Waals surface area contributed by atoms with Gasteiger partial charge in [0, 0.05) is 29.6 Å². The van der Waals surface area contributed by atoms with E-state index >= 15 is 0 Å². The Hall–Kier alpha value is -3.51. The monoisotopic (exact) mass is 418 g/mol. The Morgan fingerprint density at radius 1 is 1.13 bits per heavy atom. The third-order valence-corrected chi connectivity index (χ3v) is 5.67. The van der Waals surface area contributed by atoms with Crippen LogP contribution in [0.4, 0.5) is 0 Å². The fraction of sp³-hybridized carbons (Fsp3) is 0.240. The molecule has 2 heterocycles. The molecule has 0 radical (unpaired) electrons. The SMILES string of the molecule is COc1ccc([C@H](CNC(=O)C[NH2+][C@H](C)c2ccco2)c2c[nH]c3ccccc23)cc1. The summed E-state index contributed by atoms with van der Waals surface area (Å²) in [5.41, 5.74) is 3.37. The zero-order valence-corrected chi connectivity index (χ0v) is 17.8. The first-order valence-corrected chi connectivity index (χ1v) is 10.5. The van der Waals surface area contributed by atoms with E-state index in [0.717, 1.165) is 33.5 Å². The second-order valence-corrected chi connectivity index (χ2v) is 7.66. The average molecular weight is 419 g/mol. The molecule has 0 bridgehead atoms. The molecule has 0 unspecified atom stereocenters. The van der Waals surface area contributed by atoms with E-state index in [0.29, 0.717) is 13.1 Å². The third-order valence-electron chi connectivity index (χ3n) is 5.67. The molecule has 0 spiro atoms. The predicted octanol–water partition coefficient (Wildman–Crippen LogP) is 3.34. The number of nitrogens with one attached hydrogen (secondary N) is 2. The molecule has 0 aliphatic carbocycles. The smallest absolute Gasteiger partial charge is 0.275 e. The van der Waals surface area contributed by atoms with Gasteiger partial charge in [-0.25, -0.2) is 0 Å². The number of rotatable bonds is 9. The van der Waals surface area contributed by atoms with Gasteiger partial charge in [-0.15, -0.1) is 0 Å². The number of furan rings is 1. The summed E-state index contributed by atoms with van der Waals surface area (Å²) in [6, 6.07) is 20.1. The van der Waals surface area contributed by atoms with Gasteiger partial charge in [0.1, 0.15) is 11.8 Å². The van der Waals surface area contributed by atoms with Crippen LogP contribution >= 0.6 is 0 Å². The molecule has 2 atom stereocenters. The largest absolute Gasteiger partial charge is 0.497 e. The van der Waals surface area contributed by atoms with Crippen molar-refractivity contribution in [2.24, 2.45) is 0 Å². The van der Waals surface area contributed by atoms with Gasteiger partial charge in [0.05, 0.1) is 13.4 Å². The first kappa shape index (κ1) is 20.8. The number of ether oxygens (including phenoxy) is 1. The molecule has 31 heavy (non-hydrogen) atoms. The van der Waals surface area contributed by atoms with Gasteiger partial charge in [0.25, 0.3) is 5.91 Å². The number of fused-ring (bicyclic) bond motifs is 1. The molecular weight excluding hydrogens is 390 g/mol. The molecule has 4 rings (SSSR count). The Labute approximate surface area is 181 Å². The van der Waals surface area contributed by atoms with E-state index in [4.69, 9.17) is 9.15 Å². The van der Waals surface area contributed by atoms with Gasteiger partial charge in [-0.05, 0) is 48.4 Å². The highest BCUT2D eigenvalue weighted by atomic mass is 16.5. The molecule has 4 N–H and O–H groups in total. The van der Waals surface area contributed by atoms with E-state index in [9.17, 15) is 4.79 Å². The number of H-pyrrole nitrogens is 1. The number of quaternary nitrogens is 1. The molecule has 160 valence electrons. The maximum Gasteiger partial charge on any atom is 0.275 e. The fourth-order valence-electron chi connectivity index (χ4n) is 3.86. The summed E-state index contributed by atoms with van der Waals surface area (Å²) in [6.07, 6.45) is 3.69. The van der Waals surface area contributed by atoms with Crippen LogP contribution in [-0.2, 0) is 4.79 Å². The van der Waals surface area contributed by atoms with Crippen LogP contribution in [0.3, 0.4) is 0 Å². The number of aromatic nitrogens is 1. The highest BCUT2D eigenvalue weighted by Crippen LogP contribution is 2.31. The lowest BCUT2D eigenvalue weighted by Crippen LogP contribution is -2.87. The maximum absolute atomic E-state index is 12.6. The summed E-state index contributed by atoms with van der Waals surface area (Å²) in [6.45, 7) is 2.87. The second-order valence-electron chi connectivity index (χ2n) is 7.66. The molecule has 0 fully saturated rings. The third kappa shape index (κ3) is 4.81. The Morgan fingerprint density at radius 3 is 2.68 bits per heavy atom. The molecule has 0 aliphatic heterocycles. The van der Waals surface area contributed by atoms with Gasteiger partial charge in [0.2, 0.25) is 0 Å². The van der Waals surface area contributed by atoms with E-state index in [-0.39, 0.29) is 17.9 Å². The van der Waals surface area contributed by atoms with Gasteiger partial charge in [0.15, 0.2) is 12.3 Å². The predicted molar refractivity (Wildman–Crippen MR) is 120 cm³/mol. The number of hydrogen-bond donors (Lipinski definition) is 3. The first-order valence-electron chi connectivity index (χ1n) is 10.5. The van der Waals surface area contributed by atoms with Gasteiger partial charge >= 0.3 is 0 Å². The van der Waals surface area contributed by atoms with E-state index in [1.807, 2.05) is 54.8 Å². The molecule has 6 heteroatoms. The number of nitrogens with two attached hydrogens (primary N) is 1. The number of aromatic amines is 1. The number of carbonyl (C=O) groups is 1. The minimum Gasteiger partial charge on any atom is -0.497 e. The standard InChI is InChI=1S/C25H27N3O3/c1-17(24-8-5-13-31-24)26-16-25(29)28-14-21(18-9-11-19(30-2)12-10-18)22-15-27-23-7-4-3-6-20(22)23/h3-13,15,17,21,26-27H,14,16H2,1-2H3,(H,28,29)/p+1/t17-,21+/m1/s1. The summed E-state index contributed by atoms with van der Waals surface area (Å²) < 4.78 is 10.7. The van der Waals surface area contributed by atoms with E-state index in [1.165, 1.54) is 0 Å². The Morgan fingerprint density at radius 2 is 1.94 bits per heavy atom. The van der Waals surface area contributed by atoms with Crippen molar-refractivity contribution in [1.82, 2.24) is 10.3 Å². The first-order chi connectivity index (χ1) is 15.2. The van der Waals surface area contributed by atoms with Crippen LogP contribution in [0.25, 0.3) is 10.9 Å². The Kier molecular flexibility index (Phi) is 6.38. The lowest BCUT2D eigenvalue weighted by atomic mass is 9.91. The van der Waals surface area contributed by atoms with Gasteiger partial charge in [-0.3, -0.25) is 4.79 Å². The summed E-state index contributed by atoms with van der Waals surface area (Å²) in [7, 11) is 1.66. The van der Waals surface area contributed by atoms with Crippen molar-refractivity contribution in [1.29, 1.82) is 0 Å². The summed E-state index contributed by atoms with van der Waals surface area (Å²) in [5.74, 6) is 1.69. The summed E-state index contributed by atoms with van der Waals surface area (Å²) in [4.78, 5) is 15.9. The number of amides is 1. The van der Waals surface area contributed by atoms with Gasteiger partial charge in [-0.2, -0.15) is 0 Å². The number of benzene rings is 2. The summed E-state index contributed by atoms with van der Waals surface area (Å²) in [5, 5.41) is 6.25. The minimum absolute atomic E-state index is 0.00300. The maximum atomic E-state index is 12.6. The quantitative estimate of drug-likeness (QED) is 0.390. The molecule has 0 aliphatic rings. The van der Waals surface area contributed by atoms with Crippen molar-refractivity contribution in [2.75, 3.05) is 20.2 Å². The van der Waals surface area contributed by atoms with Crippen molar-refractivity contribution in [3.05, 3.63) is 90.0 Å². The van der Waals surface area contributed by atoms with Crippen LogP contribution in [0.2, 0.25) is 0 Å². The zero-order valence-electron chi connectivity index (χ0n) is 17.8. The molecule has 2 aromatic heterocycles. The van der Waals surface area contributed by atoms with Crippen molar-refractivity contribution in [3.63, 3.8) is 0 Å². The molecule has 0 saturated heterocycles. The highest BCUT2D eigenvalue weighted by molar-refractivity contribution is 5.84. The number of hydrogen-bond acceptors (Lipinski definition) is 3. The van der Waals surface area contributed by atoms with Gasteiger partial charge < -0.3 is 24.8 Å². The average Bonchev–Trinajstić information content (AvgIpc) is 3.49. The van der Waals surface area contributed by atoms with Crippen LogP contribution in [0.1, 0.15) is 35.8 Å². The molecule has 1 amide bonds. The number of carbonyl (C=O) groups excluding carboxylic acids is 1. The van der Waals surface area contributed by atoms with E-state index < -0.39 is 0 Å². The number of methoxy groups -OCH3 is 1. The molecule has 6 nitrogen and oxygen atoms in total. The van der Waals surface area contributed by atoms with Gasteiger partial charge in [-0.1, -0.05) is 30.3 Å². The van der Waals surface area contributed by atoms with Crippen LogP contribution in [0.5, 0.6) is 5.75 Å². The second kappa shape index (κ2) is 9.53. The Bertz CT molecular complexity index is 1120. The van der Waals surface area contributed by atoms with Crippen LogP contribution in [-0.4, -0.2) is 31.1 Å². The van der Waals surface area contributed by atoms with E-state index in [1.54, 1.807) is 13.4 Å². The highest BCUT2D eigenvalue weighted by Gasteiger charge is 2.20. The zero-order chi connectivity index (χ0) is 21.6. The topological polar surface area (TPSA) is 83.9 Å². The van der Waals surface area contributed by atoms with Crippen molar-refractivity contribution in [2.45, 2.75) is 18.9 Å². The minimum atomic E-state index is -0.00300. The lowest BCUT2D eigenvalue weighted by molar-refractivity contribution is -0.684. The molecule has 2 aromatic carbocycles.